The van der Waals surface area contributed by atoms with Crippen LogP contribution < -0.4 is 4.90 Å². The summed E-state index contributed by atoms with van der Waals surface area (Å²) in [5, 5.41) is 2.09. The van der Waals surface area contributed by atoms with Crippen molar-refractivity contribution in [1.82, 2.24) is 19.9 Å². The van der Waals surface area contributed by atoms with Crippen LogP contribution in [0.3, 0.4) is 0 Å². The summed E-state index contributed by atoms with van der Waals surface area (Å²) in [6.45, 7) is 3.97. The van der Waals surface area contributed by atoms with Crippen molar-refractivity contribution >= 4 is 27.4 Å². The van der Waals surface area contributed by atoms with Crippen molar-refractivity contribution in [3.63, 3.8) is 0 Å². The van der Waals surface area contributed by atoms with Crippen LogP contribution in [-0.4, -0.2) is 33.0 Å². The van der Waals surface area contributed by atoms with Gasteiger partial charge in [-0.25, -0.2) is 19.9 Å². The topological polar surface area (TPSA) is 54.8 Å². The van der Waals surface area contributed by atoms with E-state index in [1.54, 1.807) is 17.7 Å². The lowest BCUT2D eigenvalue weighted by Crippen LogP contribution is -2.35. The highest BCUT2D eigenvalue weighted by Crippen LogP contribution is 2.33. The van der Waals surface area contributed by atoms with E-state index in [0.29, 0.717) is 5.92 Å². The van der Waals surface area contributed by atoms with Gasteiger partial charge in [0.05, 0.1) is 10.2 Å². The van der Waals surface area contributed by atoms with Gasteiger partial charge in [-0.15, -0.1) is 11.3 Å². The van der Waals surface area contributed by atoms with Crippen LogP contribution in [0.15, 0.2) is 30.0 Å². The van der Waals surface area contributed by atoms with Crippen LogP contribution in [0.5, 0.6) is 0 Å². The fourth-order valence-corrected chi connectivity index (χ4v) is 3.98. The maximum Gasteiger partial charge on any atom is 0.150 e. The minimum atomic E-state index is 0.446. The van der Waals surface area contributed by atoms with Gasteiger partial charge in [-0.3, -0.25) is 0 Å². The van der Waals surface area contributed by atoms with E-state index in [9.17, 15) is 0 Å². The molecule has 112 valence electrons. The Balaban J connectivity index is 1.68. The second kappa shape index (κ2) is 5.61. The zero-order valence-electron chi connectivity index (χ0n) is 12.4. The smallest absolute Gasteiger partial charge is 0.150 e. The Hall–Kier alpha value is -2.08. The van der Waals surface area contributed by atoms with Gasteiger partial charge in [-0.05, 0) is 37.3 Å². The van der Waals surface area contributed by atoms with Crippen LogP contribution in [0.2, 0.25) is 0 Å². The van der Waals surface area contributed by atoms with E-state index in [1.807, 2.05) is 19.2 Å². The zero-order chi connectivity index (χ0) is 14.9. The maximum atomic E-state index is 4.72. The summed E-state index contributed by atoms with van der Waals surface area (Å²) < 4.78 is 1.19. The van der Waals surface area contributed by atoms with E-state index in [4.69, 9.17) is 4.98 Å². The quantitative estimate of drug-likeness (QED) is 0.727. The SMILES string of the molecule is Cc1nc(N2CCCC(c3ccncn3)C2)c2sccc2n1. The van der Waals surface area contributed by atoms with Gasteiger partial charge in [-0.1, -0.05) is 0 Å². The second-order valence-corrected chi connectivity index (χ2v) is 6.56. The third-order valence-corrected chi connectivity index (χ3v) is 5.04. The molecule has 3 aromatic heterocycles. The number of nitrogens with zero attached hydrogens (tertiary/aromatic N) is 5. The van der Waals surface area contributed by atoms with Gasteiger partial charge in [-0.2, -0.15) is 0 Å². The van der Waals surface area contributed by atoms with E-state index >= 15 is 0 Å². The van der Waals surface area contributed by atoms with Crippen LogP contribution in [0.4, 0.5) is 5.82 Å². The Morgan fingerprint density at radius 1 is 1.27 bits per heavy atom. The van der Waals surface area contributed by atoms with Crippen molar-refractivity contribution in [3.05, 3.63) is 41.6 Å². The molecule has 0 aliphatic carbocycles. The van der Waals surface area contributed by atoms with Crippen LogP contribution in [0, 0.1) is 6.92 Å². The number of aryl methyl sites for hydroxylation is 1. The molecule has 4 heterocycles. The maximum absolute atomic E-state index is 4.72. The summed E-state index contributed by atoms with van der Waals surface area (Å²) in [6.07, 6.45) is 5.80. The summed E-state index contributed by atoms with van der Waals surface area (Å²) >= 11 is 1.72. The second-order valence-electron chi connectivity index (χ2n) is 5.65. The molecule has 22 heavy (non-hydrogen) atoms. The monoisotopic (exact) mass is 311 g/mol. The van der Waals surface area contributed by atoms with Gasteiger partial charge >= 0.3 is 0 Å². The summed E-state index contributed by atoms with van der Waals surface area (Å²) in [6, 6.07) is 4.10. The molecule has 0 N–H and O–H groups in total. The van der Waals surface area contributed by atoms with E-state index in [-0.39, 0.29) is 0 Å². The standard InChI is InChI=1S/C16H17N5S/c1-11-19-14-5-8-22-15(14)16(20-11)21-7-2-3-12(9-21)13-4-6-17-10-18-13/h4-6,8,10,12H,2-3,7,9H2,1H3. The summed E-state index contributed by atoms with van der Waals surface area (Å²) in [4.78, 5) is 20.1. The lowest BCUT2D eigenvalue weighted by molar-refractivity contribution is 0.498. The average molecular weight is 311 g/mol. The molecule has 1 saturated heterocycles. The average Bonchev–Trinajstić information content (AvgIpc) is 3.03. The first-order valence-electron chi connectivity index (χ1n) is 7.54. The number of aromatic nitrogens is 4. The number of thiophene rings is 1. The van der Waals surface area contributed by atoms with Crippen LogP contribution in [0.1, 0.15) is 30.3 Å². The predicted molar refractivity (Wildman–Crippen MR) is 88.4 cm³/mol. The van der Waals surface area contributed by atoms with Crippen molar-refractivity contribution in [2.24, 2.45) is 0 Å². The fourth-order valence-electron chi connectivity index (χ4n) is 3.13. The molecular formula is C16H17N5S. The van der Waals surface area contributed by atoms with Crippen molar-refractivity contribution in [2.75, 3.05) is 18.0 Å². The van der Waals surface area contributed by atoms with Crippen molar-refractivity contribution in [2.45, 2.75) is 25.7 Å². The molecule has 0 spiro atoms. The van der Waals surface area contributed by atoms with Gasteiger partial charge in [0.1, 0.15) is 18.0 Å². The van der Waals surface area contributed by atoms with Gasteiger partial charge in [0.15, 0.2) is 0 Å². The summed E-state index contributed by atoms with van der Waals surface area (Å²) in [5.41, 5.74) is 2.18. The van der Waals surface area contributed by atoms with Crippen molar-refractivity contribution in [3.8, 4) is 0 Å². The minimum absolute atomic E-state index is 0.446. The Labute approximate surface area is 133 Å². The molecule has 3 aromatic rings. The third kappa shape index (κ3) is 2.43. The number of hydrogen-bond donors (Lipinski definition) is 0. The fraction of sp³-hybridized carbons (Fsp3) is 0.375. The molecule has 5 nitrogen and oxygen atoms in total. The molecule has 0 bridgehead atoms. The number of piperidine rings is 1. The molecule has 1 atom stereocenters. The summed E-state index contributed by atoms with van der Waals surface area (Å²) in [7, 11) is 0. The molecule has 0 aromatic carbocycles. The molecular weight excluding hydrogens is 294 g/mol. The third-order valence-electron chi connectivity index (χ3n) is 4.14. The van der Waals surface area contributed by atoms with Crippen LogP contribution in [0.25, 0.3) is 10.2 Å². The summed E-state index contributed by atoms with van der Waals surface area (Å²) in [5.74, 6) is 2.36. The molecule has 1 fully saturated rings. The highest BCUT2D eigenvalue weighted by Gasteiger charge is 2.25. The van der Waals surface area contributed by atoms with E-state index in [2.05, 4.69) is 31.3 Å². The minimum Gasteiger partial charge on any atom is -0.355 e. The zero-order valence-corrected chi connectivity index (χ0v) is 13.3. The number of fused-ring (bicyclic) bond motifs is 1. The van der Waals surface area contributed by atoms with Crippen molar-refractivity contribution in [1.29, 1.82) is 0 Å². The highest BCUT2D eigenvalue weighted by molar-refractivity contribution is 7.17. The van der Waals surface area contributed by atoms with Gasteiger partial charge in [0, 0.05) is 30.9 Å². The van der Waals surface area contributed by atoms with Crippen LogP contribution >= 0.6 is 11.3 Å². The van der Waals surface area contributed by atoms with E-state index in [1.165, 1.54) is 11.1 Å². The van der Waals surface area contributed by atoms with E-state index in [0.717, 1.165) is 42.4 Å². The van der Waals surface area contributed by atoms with Crippen LogP contribution in [-0.2, 0) is 0 Å². The first kappa shape index (κ1) is 13.6. The molecule has 1 aliphatic rings. The number of anilines is 1. The molecule has 1 aliphatic heterocycles. The first-order chi connectivity index (χ1) is 10.8. The Morgan fingerprint density at radius 3 is 3.09 bits per heavy atom. The lowest BCUT2D eigenvalue weighted by atomic mass is 9.94. The van der Waals surface area contributed by atoms with Gasteiger partial charge < -0.3 is 4.90 Å². The Bertz CT molecular complexity index is 786. The van der Waals surface area contributed by atoms with E-state index < -0.39 is 0 Å². The Kier molecular flexibility index (Phi) is 3.46. The normalized spacial score (nSPS) is 18.8. The number of rotatable bonds is 2. The van der Waals surface area contributed by atoms with Gasteiger partial charge in [0.2, 0.25) is 0 Å². The highest BCUT2D eigenvalue weighted by atomic mass is 32.1. The van der Waals surface area contributed by atoms with Gasteiger partial charge in [0.25, 0.3) is 0 Å². The largest absolute Gasteiger partial charge is 0.355 e. The lowest BCUT2D eigenvalue weighted by Gasteiger charge is -2.33. The molecule has 0 amide bonds. The first-order valence-corrected chi connectivity index (χ1v) is 8.42. The predicted octanol–water partition coefficient (Wildman–Crippen LogP) is 3.17. The Morgan fingerprint density at radius 2 is 2.23 bits per heavy atom. The molecule has 4 rings (SSSR count). The van der Waals surface area contributed by atoms with Crippen molar-refractivity contribution < 1.29 is 0 Å². The molecule has 1 unspecified atom stereocenters. The molecule has 6 heteroatoms. The molecule has 0 radical (unpaired) electrons. The molecule has 0 saturated carbocycles. The number of hydrogen-bond acceptors (Lipinski definition) is 6.